The Morgan fingerprint density at radius 3 is 2.39 bits per heavy atom. The number of nitrogens with zero attached hydrogens (tertiary/aromatic N) is 7. The fraction of sp³-hybridized carbons (Fsp3) is 0.417. The van der Waals surface area contributed by atoms with E-state index in [0.29, 0.717) is 49.5 Å². The van der Waals surface area contributed by atoms with Gasteiger partial charge < -0.3 is 30.0 Å². The number of carbonyl (C=O) groups excluding carboxylic acids is 4. The number of unbranched alkanes of at least 4 members (excludes halogenated alkanes) is 4. The zero-order valence-corrected chi connectivity index (χ0v) is 38.7. The highest BCUT2D eigenvalue weighted by atomic mass is 19.4. The summed E-state index contributed by atoms with van der Waals surface area (Å²) in [6.45, 7) is 1.00. The Bertz CT molecular complexity index is 2810. The number of ether oxygens (including phenoxy) is 1. The molecule has 18 nitrogen and oxygen atoms in total. The second kappa shape index (κ2) is 22.8. The first-order valence-corrected chi connectivity index (χ1v) is 22.9. The molecule has 0 spiro atoms. The molecule has 7 rings (SSSR count). The van der Waals surface area contributed by atoms with Gasteiger partial charge >= 0.3 is 11.9 Å². The molecule has 0 aliphatic carbocycles. The standard InChI is InChI=1S/C48H56F3N11O7/c1-59(2)23-22-53-45(66)42-35(55-43(64)36-29-69-46(56-36)33-20-21-52-40(27-33)54-30-48(49,50)51)28-61(58-42)34-15-12-31(13-16-34)10-6-4-5-8-24-68-25-9-7-11-32-14-17-37-39(26-32)60(3)47(67)62(37)38-18-19-41(63)57-44(38)65/h12-17,20-21,26-29,38H,4-11,18-19,22-25,30H2,1-3H3,(H,52,54)(H,53,66)(H,55,64)(H,57,63,65). The molecule has 5 heterocycles. The molecule has 0 bridgehead atoms. The summed E-state index contributed by atoms with van der Waals surface area (Å²) in [7, 11) is 5.45. The van der Waals surface area contributed by atoms with Crippen molar-refractivity contribution in [2.45, 2.75) is 76.4 Å². The fourth-order valence-corrected chi connectivity index (χ4v) is 7.92. The average Bonchev–Trinajstić information content (AvgIpc) is 4.05. The number of fused-ring (bicyclic) bond motifs is 1. The summed E-state index contributed by atoms with van der Waals surface area (Å²) in [6, 6.07) is 15.8. The van der Waals surface area contributed by atoms with Crippen LogP contribution in [-0.4, -0.2) is 111 Å². The summed E-state index contributed by atoms with van der Waals surface area (Å²) >= 11 is 0. The van der Waals surface area contributed by atoms with Gasteiger partial charge in [0.1, 0.15) is 24.7 Å². The van der Waals surface area contributed by atoms with Crippen LogP contribution < -0.4 is 27.0 Å². The molecule has 1 aliphatic heterocycles. The number of benzene rings is 2. The number of hydrogen-bond donors (Lipinski definition) is 4. The zero-order valence-electron chi connectivity index (χ0n) is 38.7. The van der Waals surface area contributed by atoms with E-state index in [0.717, 1.165) is 74.3 Å². The van der Waals surface area contributed by atoms with Crippen molar-refractivity contribution in [2.75, 3.05) is 57.6 Å². The monoisotopic (exact) mass is 955 g/mol. The lowest BCUT2D eigenvalue weighted by Crippen LogP contribution is -2.44. The molecule has 69 heavy (non-hydrogen) atoms. The van der Waals surface area contributed by atoms with Gasteiger partial charge in [0.15, 0.2) is 11.4 Å². The molecule has 0 saturated carbocycles. The number of nitrogens with one attached hydrogen (secondary N) is 4. The van der Waals surface area contributed by atoms with Crippen LogP contribution in [0.2, 0.25) is 0 Å². The Morgan fingerprint density at radius 2 is 1.64 bits per heavy atom. The molecular weight excluding hydrogens is 900 g/mol. The van der Waals surface area contributed by atoms with E-state index < -0.39 is 36.5 Å². The number of hydrogen-bond acceptors (Lipinski definition) is 12. The van der Waals surface area contributed by atoms with Gasteiger partial charge in [0, 0.05) is 51.5 Å². The molecule has 4 amide bonds. The molecular formula is C48H56F3N11O7. The molecule has 1 saturated heterocycles. The van der Waals surface area contributed by atoms with Crippen LogP contribution in [0, 0.1) is 0 Å². The van der Waals surface area contributed by atoms with Crippen LogP contribution in [0.3, 0.4) is 0 Å². The third kappa shape index (κ3) is 13.3. The van der Waals surface area contributed by atoms with Crippen LogP contribution in [0.15, 0.2) is 82.5 Å². The van der Waals surface area contributed by atoms with Gasteiger partial charge in [0.25, 0.3) is 11.8 Å². The molecule has 1 unspecified atom stereocenters. The summed E-state index contributed by atoms with van der Waals surface area (Å²) < 4.78 is 54.1. The second-order valence-electron chi connectivity index (χ2n) is 17.2. The minimum absolute atomic E-state index is 0.0148. The summed E-state index contributed by atoms with van der Waals surface area (Å²) in [5.41, 5.74) is 4.36. The van der Waals surface area contributed by atoms with Crippen molar-refractivity contribution in [3.8, 4) is 17.1 Å². The van der Waals surface area contributed by atoms with Gasteiger partial charge in [-0.15, -0.1) is 0 Å². The van der Waals surface area contributed by atoms with Crippen LogP contribution in [0.5, 0.6) is 0 Å². The quantitative estimate of drug-likeness (QED) is 0.0417. The van der Waals surface area contributed by atoms with Crippen LogP contribution in [0.1, 0.15) is 89.5 Å². The lowest BCUT2D eigenvalue weighted by atomic mass is 10.0. The largest absolute Gasteiger partial charge is 0.444 e. The van der Waals surface area contributed by atoms with Crippen molar-refractivity contribution in [3.05, 3.63) is 106 Å². The topological polar surface area (TPSA) is 213 Å². The lowest BCUT2D eigenvalue weighted by molar-refractivity contribution is -0.135. The Hall–Kier alpha value is -7.13. The van der Waals surface area contributed by atoms with E-state index in [2.05, 4.69) is 36.3 Å². The SMILES string of the molecule is CN(C)CCNC(=O)c1nn(-c2ccc(CCCCCCOCCCCc3ccc4c(c3)n(C)c(=O)n4C3CCC(=O)NC3=O)cc2)cc1NC(=O)c1coc(-c2ccnc(NCC(F)(F)F)c2)n1. The van der Waals surface area contributed by atoms with Crippen LogP contribution in [-0.2, 0) is 34.2 Å². The van der Waals surface area contributed by atoms with Crippen LogP contribution in [0.4, 0.5) is 24.7 Å². The van der Waals surface area contributed by atoms with E-state index in [4.69, 9.17) is 9.15 Å². The molecule has 6 aromatic rings. The smallest absolute Gasteiger partial charge is 0.405 e. The molecule has 366 valence electrons. The number of oxazole rings is 1. The number of carbonyl (C=O) groups is 4. The van der Waals surface area contributed by atoms with Gasteiger partial charge in [-0.25, -0.2) is 19.4 Å². The third-order valence-corrected chi connectivity index (χ3v) is 11.6. The number of halogens is 3. The maximum atomic E-state index is 13.4. The van der Waals surface area contributed by atoms with Crippen molar-refractivity contribution >= 4 is 46.2 Å². The summed E-state index contributed by atoms with van der Waals surface area (Å²) in [5.74, 6) is -2.02. The summed E-state index contributed by atoms with van der Waals surface area (Å²) in [5, 5.41) is 14.6. The van der Waals surface area contributed by atoms with Gasteiger partial charge in [-0.2, -0.15) is 18.3 Å². The first kappa shape index (κ1) is 49.8. The number of likely N-dealkylation sites (N-methyl/N-ethyl adjacent to an activating group) is 1. The minimum Gasteiger partial charge on any atom is -0.444 e. The molecule has 4 N–H and O–H groups in total. The van der Waals surface area contributed by atoms with Gasteiger partial charge in [-0.05, 0) is 107 Å². The number of amides is 4. The number of aryl methyl sites for hydroxylation is 3. The second-order valence-corrected chi connectivity index (χ2v) is 17.2. The maximum Gasteiger partial charge on any atom is 0.405 e. The predicted molar refractivity (Wildman–Crippen MR) is 251 cm³/mol. The average molecular weight is 956 g/mol. The van der Waals surface area contributed by atoms with E-state index in [1.165, 1.54) is 33.8 Å². The van der Waals surface area contributed by atoms with E-state index in [1.807, 2.05) is 61.5 Å². The van der Waals surface area contributed by atoms with Gasteiger partial charge in [-0.3, -0.25) is 33.6 Å². The molecule has 1 aliphatic rings. The van der Waals surface area contributed by atoms with Crippen molar-refractivity contribution in [1.82, 2.24) is 44.4 Å². The number of piperidine rings is 1. The third-order valence-electron chi connectivity index (χ3n) is 11.6. The Morgan fingerprint density at radius 1 is 0.913 bits per heavy atom. The number of pyridine rings is 1. The van der Waals surface area contributed by atoms with Crippen LogP contribution >= 0.6 is 0 Å². The van der Waals surface area contributed by atoms with E-state index >= 15 is 0 Å². The van der Waals surface area contributed by atoms with Crippen molar-refractivity contribution in [2.24, 2.45) is 7.05 Å². The van der Waals surface area contributed by atoms with Crippen molar-refractivity contribution in [1.29, 1.82) is 0 Å². The highest BCUT2D eigenvalue weighted by Gasteiger charge is 2.31. The van der Waals surface area contributed by atoms with E-state index in [1.54, 1.807) is 11.6 Å². The fourth-order valence-electron chi connectivity index (χ4n) is 7.92. The molecule has 21 heteroatoms. The summed E-state index contributed by atoms with van der Waals surface area (Å²) in [4.78, 5) is 73.9. The first-order chi connectivity index (χ1) is 33.1. The van der Waals surface area contributed by atoms with Gasteiger partial charge in [-0.1, -0.05) is 31.0 Å². The van der Waals surface area contributed by atoms with Crippen molar-refractivity contribution < 1.29 is 41.5 Å². The number of anilines is 2. The minimum atomic E-state index is -4.44. The molecule has 2 aromatic carbocycles. The molecule has 0 radical (unpaired) electrons. The first-order valence-electron chi connectivity index (χ1n) is 22.9. The predicted octanol–water partition coefficient (Wildman–Crippen LogP) is 6.21. The van der Waals surface area contributed by atoms with E-state index in [-0.39, 0.29) is 46.8 Å². The van der Waals surface area contributed by atoms with E-state index in [9.17, 15) is 37.1 Å². The molecule has 1 fully saturated rings. The highest BCUT2D eigenvalue weighted by Crippen LogP contribution is 2.26. The number of alkyl halides is 3. The lowest BCUT2D eigenvalue weighted by Gasteiger charge is -2.21. The van der Waals surface area contributed by atoms with Gasteiger partial charge in [0.2, 0.25) is 17.7 Å². The number of aromatic nitrogens is 6. The zero-order chi connectivity index (χ0) is 49.1. The maximum absolute atomic E-state index is 13.4. The number of rotatable bonds is 23. The number of imide groups is 1. The summed E-state index contributed by atoms with van der Waals surface area (Å²) in [6.07, 6.45) is 7.60. The molecule has 1 atom stereocenters. The Labute approximate surface area is 395 Å². The van der Waals surface area contributed by atoms with Crippen molar-refractivity contribution in [3.63, 3.8) is 0 Å². The normalized spacial score (nSPS) is 14.1. The molecule has 4 aromatic heterocycles. The Balaban J connectivity index is 0.841. The number of imidazole rings is 1. The van der Waals surface area contributed by atoms with Gasteiger partial charge in [0.05, 0.1) is 28.6 Å². The highest BCUT2D eigenvalue weighted by molar-refractivity contribution is 6.07. The Kier molecular flexibility index (Phi) is 16.4. The van der Waals surface area contributed by atoms with Crippen LogP contribution in [0.25, 0.3) is 28.2 Å².